The predicted octanol–water partition coefficient (Wildman–Crippen LogP) is 0.906. The second-order valence-corrected chi connectivity index (χ2v) is 3.55. The van der Waals surface area contributed by atoms with Gasteiger partial charge < -0.3 is 16.2 Å². The summed E-state index contributed by atoms with van der Waals surface area (Å²) in [7, 11) is 0. The SMILES string of the molecule is NCNCCO.[HH].c1ccc2c(c1)CCC2. The molecule has 1 aromatic rings. The van der Waals surface area contributed by atoms with Crippen molar-refractivity contribution in [1.82, 2.24) is 5.32 Å². The number of nitrogens with two attached hydrogens (primary N) is 1. The number of aliphatic hydroxyl groups excluding tert-OH is 1. The van der Waals surface area contributed by atoms with Crippen molar-refractivity contribution < 1.29 is 6.53 Å². The van der Waals surface area contributed by atoms with Gasteiger partial charge >= 0.3 is 0 Å². The van der Waals surface area contributed by atoms with E-state index in [2.05, 4.69) is 29.6 Å². The summed E-state index contributed by atoms with van der Waals surface area (Å²) in [5.74, 6) is 0. The predicted molar refractivity (Wildman–Crippen MR) is 64.7 cm³/mol. The highest BCUT2D eigenvalue weighted by Crippen LogP contribution is 2.20. The molecule has 0 heterocycles. The van der Waals surface area contributed by atoms with Gasteiger partial charge in [-0.15, -0.1) is 0 Å². The maximum Gasteiger partial charge on any atom is 0.0556 e. The van der Waals surface area contributed by atoms with Gasteiger partial charge in [0.2, 0.25) is 0 Å². The summed E-state index contributed by atoms with van der Waals surface area (Å²) in [5.41, 5.74) is 8.13. The van der Waals surface area contributed by atoms with E-state index in [1.807, 2.05) is 0 Å². The first kappa shape index (κ1) is 12.2. The standard InChI is InChI=1S/C9H10.C3H10N2O.H2/c1-2-5-9-7-3-6-8(9)4-1;4-3-5-1-2-6;/h1-2,4-5H,3,6-7H2;5-6H,1-4H2;1H. The molecule has 2 rings (SSSR count). The van der Waals surface area contributed by atoms with Crippen molar-refractivity contribution in [3.05, 3.63) is 35.4 Å². The second kappa shape index (κ2) is 7.40. The van der Waals surface area contributed by atoms with Crippen LogP contribution < -0.4 is 11.1 Å². The Labute approximate surface area is 92.8 Å². The van der Waals surface area contributed by atoms with E-state index in [4.69, 9.17) is 10.8 Å². The van der Waals surface area contributed by atoms with Gasteiger partial charge in [0.1, 0.15) is 0 Å². The van der Waals surface area contributed by atoms with Crippen LogP contribution >= 0.6 is 0 Å². The average Bonchev–Trinajstić information content (AvgIpc) is 2.75. The fraction of sp³-hybridized carbons (Fsp3) is 0.500. The highest BCUT2D eigenvalue weighted by molar-refractivity contribution is 5.30. The van der Waals surface area contributed by atoms with Crippen LogP contribution in [0.3, 0.4) is 0 Å². The molecular weight excluding hydrogens is 188 g/mol. The molecule has 0 spiro atoms. The van der Waals surface area contributed by atoms with Crippen molar-refractivity contribution in [2.24, 2.45) is 5.73 Å². The van der Waals surface area contributed by atoms with Gasteiger partial charge in [-0.05, 0) is 30.4 Å². The number of nitrogens with one attached hydrogen (secondary N) is 1. The van der Waals surface area contributed by atoms with Crippen LogP contribution in [0, 0.1) is 0 Å². The quantitative estimate of drug-likeness (QED) is 0.513. The van der Waals surface area contributed by atoms with E-state index in [0.717, 1.165) is 0 Å². The molecule has 1 aliphatic rings. The number of aliphatic hydroxyl groups is 1. The van der Waals surface area contributed by atoms with Crippen LogP contribution in [0.1, 0.15) is 19.0 Å². The number of rotatable bonds is 3. The minimum Gasteiger partial charge on any atom is -0.395 e. The molecule has 4 N–H and O–H groups in total. The molecule has 0 saturated carbocycles. The Morgan fingerprint density at radius 1 is 1.27 bits per heavy atom. The first-order chi connectivity index (χ1) is 7.38. The molecule has 0 aliphatic heterocycles. The highest BCUT2D eigenvalue weighted by atomic mass is 16.3. The number of hydrogen-bond donors (Lipinski definition) is 3. The Balaban J connectivity index is 0.000000289. The van der Waals surface area contributed by atoms with Crippen molar-refractivity contribution in [3.63, 3.8) is 0 Å². The third-order valence-corrected chi connectivity index (χ3v) is 2.44. The molecule has 1 aliphatic carbocycles. The van der Waals surface area contributed by atoms with Gasteiger partial charge in [-0.2, -0.15) is 0 Å². The maximum absolute atomic E-state index is 8.08. The molecule has 0 radical (unpaired) electrons. The fourth-order valence-corrected chi connectivity index (χ4v) is 1.70. The summed E-state index contributed by atoms with van der Waals surface area (Å²) >= 11 is 0. The Kier molecular flexibility index (Phi) is 6.00. The Morgan fingerprint density at radius 3 is 2.27 bits per heavy atom. The molecular formula is C12H22N2O. The summed E-state index contributed by atoms with van der Waals surface area (Å²) in [6.07, 6.45) is 3.96. The molecule has 0 amide bonds. The van der Waals surface area contributed by atoms with Crippen molar-refractivity contribution >= 4 is 0 Å². The van der Waals surface area contributed by atoms with E-state index in [1.165, 1.54) is 19.3 Å². The lowest BCUT2D eigenvalue weighted by molar-refractivity contribution is 0.293. The van der Waals surface area contributed by atoms with Crippen molar-refractivity contribution in [1.29, 1.82) is 0 Å². The Morgan fingerprint density at radius 2 is 1.87 bits per heavy atom. The topological polar surface area (TPSA) is 58.3 Å². The lowest BCUT2D eigenvalue weighted by atomic mass is 10.1. The van der Waals surface area contributed by atoms with E-state index in [0.29, 0.717) is 13.2 Å². The molecule has 0 atom stereocenters. The van der Waals surface area contributed by atoms with Crippen LogP contribution in [0.2, 0.25) is 0 Å². The van der Waals surface area contributed by atoms with Crippen LogP contribution in [-0.4, -0.2) is 24.9 Å². The van der Waals surface area contributed by atoms with Gasteiger partial charge in [0, 0.05) is 14.6 Å². The van der Waals surface area contributed by atoms with Crippen LogP contribution in [0.15, 0.2) is 24.3 Å². The van der Waals surface area contributed by atoms with Crippen molar-refractivity contribution in [2.75, 3.05) is 19.8 Å². The number of aryl methyl sites for hydroxylation is 2. The Bertz CT molecular complexity index is 254. The number of hydrogen-bond acceptors (Lipinski definition) is 3. The van der Waals surface area contributed by atoms with Crippen LogP contribution in [0.5, 0.6) is 0 Å². The van der Waals surface area contributed by atoms with E-state index in [-0.39, 0.29) is 8.03 Å². The lowest BCUT2D eigenvalue weighted by Gasteiger charge is -1.93. The minimum atomic E-state index is 0. The molecule has 3 heteroatoms. The zero-order chi connectivity index (χ0) is 10.9. The Hall–Kier alpha value is -0.900. The molecule has 0 aromatic heterocycles. The summed E-state index contributed by atoms with van der Waals surface area (Å²) in [4.78, 5) is 0. The van der Waals surface area contributed by atoms with Gasteiger partial charge in [0.25, 0.3) is 0 Å². The second-order valence-electron chi connectivity index (χ2n) is 3.55. The molecule has 3 nitrogen and oxygen atoms in total. The van der Waals surface area contributed by atoms with E-state index < -0.39 is 0 Å². The largest absolute Gasteiger partial charge is 0.395 e. The van der Waals surface area contributed by atoms with Crippen LogP contribution in [0.25, 0.3) is 0 Å². The third-order valence-electron chi connectivity index (χ3n) is 2.44. The summed E-state index contributed by atoms with van der Waals surface area (Å²) in [5, 5.41) is 10.8. The molecule has 0 fully saturated rings. The van der Waals surface area contributed by atoms with Crippen molar-refractivity contribution in [3.8, 4) is 0 Å². The molecule has 0 saturated heterocycles. The van der Waals surface area contributed by atoms with E-state index in [9.17, 15) is 0 Å². The zero-order valence-corrected chi connectivity index (χ0v) is 9.08. The van der Waals surface area contributed by atoms with Gasteiger partial charge in [-0.3, -0.25) is 0 Å². The third kappa shape index (κ3) is 4.42. The summed E-state index contributed by atoms with van der Waals surface area (Å²) in [6, 6.07) is 8.74. The monoisotopic (exact) mass is 210 g/mol. The minimum absolute atomic E-state index is 0. The smallest absolute Gasteiger partial charge is 0.0556 e. The molecule has 86 valence electrons. The van der Waals surface area contributed by atoms with E-state index in [1.54, 1.807) is 11.1 Å². The lowest BCUT2D eigenvalue weighted by Crippen LogP contribution is -2.24. The normalized spacial score (nSPS) is 12.9. The van der Waals surface area contributed by atoms with Crippen molar-refractivity contribution in [2.45, 2.75) is 19.3 Å². The van der Waals surface area contributed by atoms with E-state index >= 15 is 0 Å². The summed E-state index contributed by atoms with van der Waals surface area (Å²) < 4.78 is 0. The molecule has 15 heavy (non-hydrogen) atoms. The zero-order valence-electron chi connectivity index (χ0n) is 9.08. The van der Waals surface area contributed by atoms with Gasteiger partial charge in [-0.25, -0.2) is 0 Å². The first-order valence-electron chi connectivity index (χ1n) is 5.47. The number of fused-ring (bicyclic) bond motifs is 1. The average molecular weight is 210 g/mol. The van der Waals surface area contributed by atoms with Gasteiger partial charge in [0.05, 0.1) is 6.61 Å². The first-order valence-corrected chi connectivity index (χ1v) is 5.47. The number of benzene rings is 1. The molecule has 1 aromatic carbocycles. The fourth-order valence-electron chi connectivity index (χ4n) is 1.70. The molecule has 0 unspecified atom stereocenters. The maximum atomic E-state index is 8.08. The van der Waals surface area contributed by atoms with Crippen LogP contribution in [0.4, 0.5) is 0 Å². The highest BCUT2D eigenvalue weighted by Gasteiger charge is 2.07. The van der Waals surface area contributed by atoms with Crippen LogP contribution in [-0.2, 0) is 12.8 Å². The van der Waals surface area contributed by atoms with Gasteiger partial charge in [-0.1, -0.05) is 24.3 Å². The molecule has 0 bridgehead atoms. The van der Waals surface area contributed by atoms with Gasteiger partial charge in [0.15, 0.2) is 0 Å². The summed E-state index contributed by atoms with van der Waals surface area (Å²) in [6.45, 7) is 1.20.